The summed E-state index contributed by atoms with van der Waals surface area (Å²) in [5.41, 5.74) is 2.23. The highest BCUT2D eigenvalue weighted by atomic mass is 19.3. The van der Waals surface area contributed by atoms with Crippen molar-refractivity contribution in [3.63, 3.8) is 0 Å². The lowest BCUT2D eigenvalue weighted by atomic mass is 9.96. The topological polar surface area (TPSA) is 166 Å². The molecule has 1 unspecified atom stereocenters. The Bertz CT molecular complexity index is 1480. The number of rotatable bonds is 18. The predicted molar refractivity (Wildman–Crippen MR) is 188 cm³/mol. The summed E-state index contributed by atoms with van der Waals surface area (Å²) in [6.07, 6.45) is -3.75. The molecule has 51 heavy (non-hydrogen) atoms. The SMILES string of the molecule is CCC(Nc1cccc(CCNC(=O)[C@H](CC(F)F)NC(=O)[C@@H]2C[C@@H](c3ccccc3)CN2C(=O)[C@@H](NC(=O)OCC(C)C)C(C)C)c1)C(=O)O. The van der Waals surface area contributed by atoms with Crippen LogP contribution in [0.4, 0.5) is 19.3 Å². The quantitative estimate of drug-likeness (QED) is 0.150. The number of likely N-dealkylation sites (tertiary alicyclic amines) is 1. The largest absolute Gasteiger partial charge is 0.480 e. The Balaban J connectivity index is 1.75. The number of alkyl carbamates (subject to hydrolysis) is 1. The van der Waals surface area contributed by atoms with Crippen LogP contribution < -0.4 is 21.3 Å². The second-order valence-electron chi connectivity index (χ2n) is 13.6. The molecule has 2 aromatic carbocycles. The van der Waals surface area contributed by atoms with Crippen molar-refractivity contribution in [1.29, 1.82) is 0 Å². The molecule has 0 aromatic heterocycles. The van der Waals surface area contributed by atoms with Crippen LogP contribution in [0.15, 0.2) is 54.6 Å². The summed E-state index contributed by atoms with van der Waals surface area (Å²) >= 11 is 0. The maximum atomic E-state index is 14.0. The summed E-state index contributed by atoms with van der Waals surface area (Å²) in [5, 5.41) is 20.0. The third-order valence-corrected chi connectivity index (χ3v) is 8.65. The minimum atomic E-state index is -2.91. The summed E-state index contributed by atoms with van der Waals surface area (Å²) in [4.78, 5) is 66.3. The van der Waals surface area contributed by atoms with Crippen LogP contribution in [-0.2, 0) is 30.3 Å². The summed E-state index contributed by atoms with van der Waals surface area (Å²) < 4.78 is 32.7. The van der Waals surface area contributed by atoms with Gasteiger partial charge in [-0.05, 0) is 54.4 Å². The van der Waals surface area contributed by atoms with Crippen molar-refractivity contribution < 1.29 is 42.6 Å². The molecule has 0 saturated carbocycles. The number of hydrogen-bond donors (Lipinski definition) is 5. The van der Waals surface area contributed by atoms with Gasteiger partial charge >= 0.3 is 12.1 Å². The molecule has 0 radical (unpaired) electrons. The Morgan fingerprint density at radius 2 is 1.67 bits per heavy atom. The number of amides is 4. The Labute approximate surface area is 298 Å². The zero-order valence-corrected chi connectivity index (χ0v) is 29.9. The number of carbonyl (C=O) groups is 5. The molecule has 5 N–H and O–H groups in total. The van der Waals surface area contributed by atoms with Crippen LogP contribution >= 0.6 is 0 Å². The van der Waals surface area contributed by atoms with Gasteiger partial charge in [0.1, 0.15) is 24.2 Å². The number of carboxylic acids is 1. The number of ether oxygens (including phenoxy) is 1. The number of benzene rings is 2. The molecule has 3 rings (SSSR count). The van der Waals surface area contributed by atoms with Crippen molar-refractivity contribution in [3.8, 4) is 0 Å². The van der Waals surface area contributed by atoms with Crippen LogP contribution in [0.5, 0.6) is 0 Å². The molecule has 1 fully saturated rings. The number of nitrogens with one attached hydrogen (secondary N) is 4. The van der Waals surface area contributed by atoms with Gasteiger partial charge in [0.25, 0.3) is 0 Å². The number of nitrogens with zero attached hydrogens (tertiary/aromatic N) is 1. The molecule has 1 aliphatic rings. The van der Waals surface area contributed by atoms with Crippen LogP contribution in [0, 0.1) is 11.8 Å². The van der Waals surface area contributed by atoms with Crippen molar-refractivity contribution in [3.05, 3.63) is 65.7 Å². The highest BCUT2D eigenvalue weighted by Gasteiger charge is 2.44. The maximum Gasteiger partial charge on any atom is 0.407 e. The van der Waals surface area contributed by atoms with Crippen molar-refractivity contribution in [2.24, 2.45) is 11.8 Å². The summed E-state index contributed by atoms with van der Waals surface area (Å²) in [7, 11) is 0. The van der Waals surface area contributed by atoms with E-state index in [4.69, 9.17) is 4.74 Å². The van der Waals surface area contributed by atoms with Gasteiger partial charge in [0.2, 0.25) is 24.1 Å². The van der Waals surface area contributed by atoms with E-state index in [1.807, 2.05) is 44.2 Å². The molecular formula is C37H51F2N5O7. The average molecular weight is 716 g/mol. The van der Waals surface area contributed by atoms with Gasteiger partial charge in [-0.1, -0.05) is 77.1 Å². The van der Waals surface area contributed by atoms with Crippen molar-refractivity contribution in [2.45, 2.75) is 96.8 Å². The van der Waals surface area contributed by atoms with Gasteiger partial charge in [-0.3, -0.25) is 14.4 Å². The van der Waals surface area contributed by atoms with Crippen LogP contribution in [0.3, 0.4) is 0 Å². The van der Waals surface area contributed by atoms with E-state index in [1.165, 1.54) is 4.90 Å². The molecule has 12 nitrogen and oxygen atoms in total. The van der Waals surface area contributed by atoms with Crippen LogP contribution in [0.2, 0.25) is 0 Å². The van der Waals surface area contributed by atoms with Gasteiger partial charge in [0, 0.05) is 31.1 Å². The Morgan fingerprint density at radius 3 is 2.27 bits per heavy atom. The Hall–Kier alpha value is -4.75. The van der Waals surface area contributed by atoms with E-state index in [2.05, 4.69) is 21.3 Å². The minimum absolute atomic E-state index is 0.0623. The second kappa shape index (κ2) is 19.6. The first kappa shape index (κ1) is 40.7. The second-order valence-corrected chi connectivity index (χ2v) is 13.6. The van der Waals surface area contributed by atoms with Crippen molar-refractivity contribution in [2.75, 3.05) is 25.0 Å². The average Bonchev–Trinajstić information content (AvgIpc) is 3.54. The molecule has 280 valence electrons. The normalized spacial score (nSPS) is 17.5. The van der Waals surface area contributed by atoms with E-state index in [0.29, 0.717) is 18.5 Å². The van der Waals surface area contributed by atoms with E-state index < -0.39 is 66.8 Å². The number of halogens is 2. The predicted octanol–water partition coefficient (Wildman–Crippen LogP) is 4.55. The summed E-state index contributed by atoms with van der Waals surface area (Å²) in [6.45, 7) is 9.35. The molecule has 4 amide bonds. The molecule has 2 aromatic rings. The van der Waals surface area contributed by atoms with Gasteiger partial charge in [-0.2, -0.15) is 0 Å². The number of alkyl halides is 2. The van der Waals surface area contributed by atoms with E-state index in [0.717, 1.165) is 11.1 Å². The van der Waals surface area contributed by atoms with E-state index in [-0.39, 0.29) is 43.9 Å². The van der Waals surface area contributed by atoms with E-state index in [1.54, 1.807) is 45.0 Å². The van der Waals surface area contributed by atoms with Gasteiger partial charge in [-0.15, -0.1) is 0 Å². The fourth-order valence-electron chi connectivity index (χ4n) is 5.89. The highest BCUT2D eigenvalue weighted by molar-refractivity contribution is 5.94. The van der Waals surface area contributed by atoms with Gasteiger partial charge in [0.15, 0.2) is 0 Å². The maximum absolute atomic E-state index is 14.0. The first-order valence-corrected chi connectivity index (χ1v) is 17.4. The summed E-state index contributed by atoms with van der Waals surface area (Å²) in [6, 6.07) is 11.8. The van der Waals surface area contributed by atoms with Gasteiger partial charge < -0.3 is 36.0 Å². The Morgan fingerprint density at radius 1 is 0.961 bits per heavy atom. The lowest BCUT2D eigenvalue weighted by Gasteiger charge is -2.31. The van der Waals surface area contributed by atoms with Crippen molar-refractivity contribution in [1.82, 2.24) is 20.9 Å². The highest BCUT2D eigenvalue weighted by Crippen LogP contribution is 2.33. The smallest absolute Gasteiger partial charge is 0.407 e. The third kappa shape index (κ3) is 12.5. The fraction of sp³-hybridized carbons (Fsp3) is 0.541. The number of carbonyl (C=O) groups excluding carboxylic acids is 4. The van der Waals surface area contributed by atoms with Crippen LogP contribution in [-0.4, -0.2) is 90.1 Å². The number of hydrogen-bond acceptors (Lipinski definition) is 7. The molecule has 5 atom stereocenters. The Kier molecular flexibility index (Phi) is 15.6. The number of aliphatic carboxylic acids is 1. The third-order valence-electron chi connectivity index (χ3n) is 8.65. The molecule has 0 aliphatic carbocycles. The van der Waals surface area contributed by atoms with E-state index in [9.17, 15) is 37.9 Å². The van der Waals surface area contributed by atoms with E-state index >= 15 is 0 Å². The molecule has 1 heterocycles. The van der Waals surface area contributed by atoms with Crippen molar-refractivity contribution >= 4 is 35.5 Å². The monoisotopic (exact) mass is 715 g/mol. The van der Waals surface area contributed by atoms with Gasteiger partial charge in [0.05, 0.1) is 6.61 Å². The first-order chi connectivity index (χ1) is 24.2. The zero-order chi connectivity index (χ0) is 37.7. The van der Waals surface area contributed by atoms with Crippen LogP contribution in [0.25, 0.3) is 0 Å². The molecule has 0 spiro atoms. The minimum Gasteiger partial charge on any atom is -0.480 e. The molecule has 1 saturated heterocycles. The molecular weight excluding hydrogens is 664 g/mol. The molecule has 14 heteroatoms. The number of carboxylic acid groups (broad SMARTS) is 1. The van der Waals surface area contributed by atoms with Gasteiger partial charge in [-0.25, -0.2) is 18.4 Å². The fourth-order valence-corrected chi connectivity index (χ4v) is 5.89. The standard InChI is InChI=1S/C37H51F2N5O7/c1-6-28(36(48)49)41-27-14-10-11-24(17-27)15-16-40-33(45)29(19-31(38)39)42-34(46)30-18-26(25-12-8-7-9-13-25)20-44(30)35(47)32(23(4)5)43-37(50)51-21-22(2)3/h7-14,17,22-23,26,28-32,41H,6,15-16,18-21H2,1-5H3,(H,40,45)(H,42,46)(H,43,50)(H,48,49)/t26-,28?,29+,30+,32+/m1/s1. The lowest BCUT2D eigenvalue weighted by molar-refractivity contribution is -0.141. The zero-order valence-electron chi connectivity index (χ0n) is 29.9. The molecule has 0 bridgehead atoms. The van der Waals surface area contributed by atoms with Crippen LogP contribution in [0.1, 0.15) is 70.9 Å². The molecule has 1 aliphatic heterocycles. The summed E-state index contributed by atoms with van der Waals surface area (Å²) in [5.74, 6) is -3.63. The lowest BCUT2D eigenvalue weighted by Crippen LogP contribution is -2.57. The number of anilines is 1. The first-order valence-electron chi connectivity index (χ1n) is 17.4.